The van der Waals surface area contributed by atoms with E-state index in [2.05, 4.69) is 10.1 Å². The van der Waals surface area contributed by atoms with Crippen LogP contribution in [0.3, 0.4) is 0 Å². The zero-order valence-electron chi connectivity index (χ0n) is 14.4. The molecule has 0 bridgehead atoms. The molecule has 2 rings (SSSR count). The Balaban J connectivity index is 2.19. The van der Waals surface area contributed by atoms with Crippen molar-refractivity contribution in [3.8, 4) is 17.2 Å². The summed E-state index contributed by atoms with van der Waals surface area (Å²) in [6.45, 7) is -1.14. The molecule has 1 N–H and O–H groups in total. The minimum atomic E-state index is -2.90. The quantitative estimate of drug-likeness (QED) is 0.601. The fourth-order valence-corrected chi connectivity index (χ4v) is 3.03. The molecule has 0 aromatic heterocycles. The molecule has 0 radical (unpaired) electrons. The van der Waals surface area contributed by atoms with Gasteiger partial charge in [0.05, 0.1) is 25.8 Å². The number of nitrogens with one attached hydrogen (secondary N) is 1. The molecule has 0 heterocycles. The smallest absolute Gasteiger partial charge is 0.387 e. The highest BCUT2D eigenvalue weighted by atomic mass is 127. The lowest BCUT2D eigenvalue weighted by Crippen LogP contribution is -2.27. The van der Waals surface area contributed by atoms with E-state index in [0.29, 0.717) is 26.2 Å². The van der Waals surface area contributed by atoms with Crippen molar-refractivity contribution in [3.05, 3.63) is 51.1 Å². The molecule has 0 spiro atoms. The third-order valence-electron chi connectivity index (χ3n) is 3.65. The van der Waals surface area contributed by atoms with Gasteiger partial charge in [-0.25, -0.2) is 0 Å². The Hall–Kier alpha value is -2.10. The minimum Gasteiger partial charge on any atom is -0.493 e. The number of ether oxygens (including phenoxy) is 3. The number of halogens is 3. The Morgan fingerprint density at radius 3 is 2.38 bits per heavy atom. The molecular formula is C18H18F2INO4. The van der Waals surface area contributed by atoms with Crippen LogP contribution in [0.25, 0.3) is 0 Å². The third kappa shape index (κ3) is 4.96. The fraction of sp³-hybridized carbons (Fsp3) is 0.278. The van der Waals surface area contributed by atoms with Crippen molar-refractivity contribution in [2.24, 2.45) is 0 Å². The largest absolute Gasteiger partial charge is 0.493 e. The number of rotatable bonds is 7. The number of methoxy groups -OCH3 is 2. The van der Waals surface area contributed by atoms with Gasteiger partial charge >= 0.3 is 6.61 Å². The molecule has 8 heteroatoms. The predicted octanol–water partition coefficient (Wildman–Crippen LogP) is 4.40. The van der Waals surface area contributed by atoms with Crippen molar-refractivity contribution < 1.29 is 27.8 Å². The van der Waals surface area contributed by atoms with Crippen molar-refractivity contribution in [3.63, 3.8) is 0 Å². The maximum atomic E-state index is 12.6. The summed E-state index contributed by atoms with van der Waals surface area (Å²) in [4.78, 5) is 12.6. The van der Waals surface area contributed by atoms with Gasteiger partial charge in [-0.3, -0.25) is 4.79 Å². The molecule has 5 nitrogen and oxygen atoms in total. The van der Waals surface area contributed by atoms with E-state index in [9.17, 15) is 13.6 Å². The summed E-state index contributed by atoms with van der Waals surface area (Å²) in [7, 11) is 3.01. The van der Waals surface area contributed by atoms with Gasteiger partial charge in [0, 0.05) is 3.57 Å². The van der Waals surface area contributed by atoms with Crippen LogP contribution < -0.4 is 19.5 Å². The van der Waals surface area contributed by atoms with E-state index >= 15 is 0 Å². The Morgan fingerprint density at radius 1 is 1.12 bits per heavy atom. The van der Waals surface area contributed by atoms with E-state index in [-0.39, 0.29) is 11.7 Å². The molecule has 0 aliphatic carbocycles. The summed E-state index contributed by atoms with van der Waals surface area (Å²) in [6, 6.07) is 9.11. The molecule has 26 heavy (non-hydrogen) atoms. The lowest BCUT2D eigenvalue weighted by atomic mass is 10.1. The van der Waals surface area contributed by atoms with Gasteiger partial charge in [0.1, 0.15) is 5.75 Å². The van der Waals surface area contributed by atoms with Gasteiger partial charge in [-0.2, -0.15) is 8.78 Å². The number of hydrogen-bond donors (Lipinski definition) is 1. The molecule has 0 saturated carbocycles. The Bertz CT molecular complexity index is 786. The molecule has 0 aliphatic rings. The van der Waals surface area contributed by atoms with E-state index < -0.39 is 12.7 Å². The summed E-state index contributed by atoms with van der Waals surface area (Å²) < 4.78 is 40.2. The normalized spacial score (nSPS) is 11.8. The van der Waals surface area contributed by atoms with Crippen LogP contribution in [0.2, 0.25) is 0 Å². The van der Waals surface area contributed by atoms with Crippen molar-refractivity contribution in [2.75, 3.05) is 14.2 Å². The average molecular weight is 477 g/mol. The van der Waals surface area contributed by atoms with Crippen LogP contribution in [0, 0.1) is 3.57 Å². The Labute approximate surface area is 163 Å². The number of benzene rings is 2. The number of hydrogen-bond acceptors (Lipinski definition) is 4. The summed E-state index contributed by atoms with van der Waals surface area (Å²) in [5.74, 6) is 0.693. The Kier molecular flexibility index (Phi) is 7.01. The molecule has 0 fully saturated rings. The van der Waals surface area contributed by atoms with Crippen LogP contribution >= 0.6 is 22.6 Å². The maximum absolute atomic E-state index is 12.6. The van der Waals surface area contributed by atoms with Crippen molar-refractivity contribution in [1.82, 2.24) is 5.32 Å². The standard InChI is InChI=1S/C18H18F2INO4/c1-10(11-5-4-6-12(7-11)26-18(19)20)22-17(23)13-8-15(24-2)16(25-3)9-14(13)21/h4-10,18H,1-3H3,(H,22,23). The first-order valence-electron chi connectivity index (χ1n) is 7.62. The first-order valence-corrected chi connectivity index (χ1v) is 8.70. The van der Waals surface area contributed by atoms with E-state index in [1.807, 2.05) is 22.6 Å². The fourth-order valence-electron chi connectivity index (χ4n) is 2.35. The molecule has 0 aliphatic heterocycles. The lowest BCUT2D eigenvalue weighted by molar-refractivity contribution is -0.0499. The zero-order valence-corrected chi connectivity index (χ0v) is 16.5. The van der Waals surface area contributed by atoms with Gasteiger partial charge in [-0.1, -0.05) is 12.1 Å². The van der Waals surface area contributed by atoms with E-state index in [1.54, 1.807) is 31.2 Å². The molecule has 2 aromatic rings. The van der Waals surface area contributed by atoms with E-state index in [1.165, 1.54) is 26.4 Å². The predicted molar refractivity (Wildman–Crippen MR) is 101 cm³/mol. The number of carbonyl (C=O) groups is 1. The van der Waals surface area contributed by atoms with Crippen LogP contribution in [-0.4, -0.2) is 26.7 Å². The van der Waals surface area contributed by atoms with Crippen LogP contribution in [0.5, 0.6) is 17.2 Å². The third-order valence-corrected chi connectivity index (χ3v) is 4.54. The van der Waals surface area contributed by atoms with Gasteiger partial charge in [-0.05, 0) is 59.3 Å². The van der Waals surface area contributed by atoms with Gasteiger partial charge in [0.15, 0.2) is 11.5 Å². The maximum Gasteiger partial charge on any atom is 0.387 e. The van der Waals surface area contributed by atoms with Crippen LogP contribution in [0.4, 0.5) is 8.78 Å². The molecule has 1 unspecified atom stereocenters. The lowest BCUT2D eigenvalue weighted by Gasteiger charge is -2.17. The highest BCUT2D eigenvalue weighted by molar-refractivity contribution is 14.1. The first kappa shape index (κ1) is 20.2. The van der Waals surface area contributed by atoms with Crippen LogP contribution in [0.1, 0.15) is 28.9 Å². The summed E-state index contributed by atoms with van der Waals surface area (Å²) in [5.41, 5.74) is 1.07. The van der Waals surface area contributed by atoms with Gasteiger partial charge in [0.25, 0.3) is 5.91 Å². The highest BCUT2D eigenvalue weighted by Crippen LogP contribution is 2.31. The summed E-state index contributed by atoms with van der Waals surface area (Å²) in [5, 5.41) is 2.84. The molecule has 0 saturated heterocycles. The van der Waals surface area contributed by atoms with E-state index in [4.69, 9.17) is 9.47 Å². The van der Waals surface area contributed by atoms with Crippen molar-refractivity contribution in [1.29, 1.82) is 0 Å². The van der Waals surface area contributed by atoms with Gasteiger partial charge < -0.3 is 19.5 Å². The molecule has 140 valence electrons. The van der Waals surface area contributed by atoms with Gasteiger partial charge in [0.2, 0.25) is 0 Å². The molecule has 2 aromatic carbocycles. The highest BCUT2D eigenvalue weighted by Gasteiger charge is 2.18. The summed E-state index contributed by atoms with van der Waals surface area (Å²) >= 11 is 2.04. The number of alkyl halides is 2. The number of carbonyl (C=O) groups excluding carboxylic acids is 1. The molecular weight excluding hydrogens is 459 g/mol. The topological polar surface area (TPSA) is 56.8 Å². The Morgan fingerprint density at radius 2 is 1.77 bits per heavy atom. The SMILES string of the molecule is COc1cc(I)c(C(=O)NC(C)c2cccc(OC(F)F)c2)cc1OC. The van der Waals surface area contributed by atoms with Gasteiger partial charge in [-0.15, -0.1) is 0 Å². The molecule has 1 amide bonds. The van der Waals surface area contributed by atoms with E-state index in [0.717, 1.165) is 0 Å². The number of amides is 1. The molecule has 1 atom stereocenters. The van der Waals surface area contributed by atoms with Crippen LogP contribution in [-0.2, 0) is 0 Å². The monoisotopic (exact) mass is 477 g/mol. The second-order valence-electron chi connectivity index (χ2n) is 5.33. The van der Waals surface area contributed by atoms with Crippen molar-refractivity contribution in [2.45, 2.75) is 19.6 Å². The first-order chi connectivity index (χ1) is 12.3. The summed E-state index contributed by atoms with van der Waals surface area (Å²) in [6.07, 6.45) is 0. The average Bonchev–Trinajstić information content (AvgIpc) is 2.60. The second-order valence-corrected chi connectivity index (χ2v) is 6.50. The second kappa shape index (κ2) is 9.02. The zero-order chi connectivity index (χ0) is 19.3. The minimum absolute atomic E-state index is 0.0410. The van der Waals surface area contributed by atoms with Crippen LogP contribution in [0.15, 0.2) is 36.4 Å². The van der Waals surface area contributed by atoms with Crippen molar-refractivity contribution >= 4 is 28.5 Å².